The average molecular weight is 296 g/mol. The van der Waals surface area contributed by atoms with Gasteiger partial charge >= 0.3 is 5.97 Å². The topological polar surface area (TPSA) is 98.7 Å². The van der Waals surface area contributed by atoms with Gasteiger partial charge in [-0.15, -0.1) is 0 Å². The number of carboxylic acid groups (broad SMARTS) is 1. The highest BCUT2D eigenvalue weighted by Crippen LogP contribution is 2.22. The molecule has 0 unspecified atom stereocenters. The Balaban J connectivity index is 2.75. The predicted octanol–water partition coefficient (Wildman–Crippen LogP) is 1.95. The number of anilines is 1. The first-order chi connectivity index (χ1) is 9.11. The molecule has 0 radical (unpaired) electrons. The number of hydrogen-bond donors (Lipinski definition) is 4. The Labute approximate surface area is 121 Å². The highest BCUT2D eigenvalue weighted by atomic mass is 32.1. The standard InChI is InChI=1S/C13H16N2O4S/c1-13(2,3)11(19)15-12(20)14-7-4-5-8(10(17)18)9(16)6-7/h4-6,16H,1-3H3,(H,17,18)(H2,14,15,19,20). The molecule has 0 aromatic heterocycles. The fourth-order valence-electron chi connectivity index (χ4n) is 1.24. The first-order valence-corrected chi connectivity index (χ1v) is 6.21. The van der Waals surface area contributed by atoms with Crippen LogP contribution in [0.5, 0.6) is 5.75 Å². The summed E-state index contributed by atoms with van der Waals surface area (Å²) in [5.74, 6) is -1.86. The summed E-state index contributed by atoms with van der Waals surface area (Å²) < 4.78 is 0. The number of carboxylic acids is 1. The molecule has 0 spiro atoms. The second-order valence-corrected chi connectivity index (χ2v) is 5.60. The van der Waals surface area contributed by atoms with E-state index >= 15 is 0 Å². The summed E-state index contributed by atoms with van der Waals surface area (Å²) in [6, 6.07) is 3.91. The highest BCUT2D eigenvalue weighted by molar-refractivity contribution is 7.80. The Bertz CT molecular complexity index is 564. The molecule has 0 aliphatic heterocycles. The monoisotopic (exact) mass is 296 g/mol. The summed E-state index contributed by atoms with van der Waals surface area (Å²) in [4.78, 5) is 22.5. The minimum Gasteiger partial charge on any atom is -0.507 e. The zero-order valence-electron chi connectivity index (χ0n) is 11.4. The van der Waals surface area contributed by atoms with E-state index in [-0.39, 0.29) is 22.3 Å². The number of thiocarbonyl (C=S) groups is 1. The molecule has 7 heteroatoms. The molecule has 0 saturated heterocycles. The van der Waals surface area contributed by atoms with Crippen LogP contribution in [0.3, 0.4) is 0 Å². The molecule has 1 aromatic rings. The van der Waals surface area contributed by atoms with E-state index in [9.17, 15) is 14.7 Å². The van der Waals surface area contributed by atoms with Crippen LogP contribution in [-0.2, 0) is 4.79 Å². The Morgan fingerprint density at radius 3 is 2.30 bits per heavy atom. The van der Waals surface area contributed by atoms with E-state index < -0.39 is 11.4 Å². The molecule has 1 rings (SSSR count). The van der Waals surface area contributed by atoms with Crippen LogP contribution in [0, 0.1) is 5.41 Å². The molecule has 0 saturated carbocycles. The lowest BCUT2D eigenvalue weighted by atomic mass is 9.96. The lowest BCUT2D eigenvalue weighted by Gasteiger charge is -2.18. The molecule has 0 atom stereocenters. The number of nitrogens with one attached hydrogen (secondary N) is 2. The minimum absolute atomic E-state index is 0.0763. The maximum Gasteiger partial charge on any atom is 0.339 e. The fraction of sp³-hybridized carbons (Fsp3) is 0.308. The van der Waals surface area contributed by atoms with Gasteiger partial charge in [0.1, 0.15) is 11.3 Å². The molecule has 1 aromatic carbocycles. The second kappa shape index (κ2) is 5.87. The molecular formula is C13H16N2O4S. The summed E-state index contributed by atoms with van der Waals surface area (Å²) in [6.07, 6.45) is 0. The molecule has 1 amide bonds. The van der Waals surface area contributed by atoms with Crippen LogP contribution in [0.15, 0.2) is 18.2 Å². The fourth-order valence-corrected chi connectivity index (χ4v) is 1.45. The second-order valence-electron chi connectivity index (χ2n) is 5.20. The predicted molar refractivity (Wildman–Crippen MR) is 78.9 cm³/mol. The van der Waals surface area contributed by atoms with Gasteiger partial charge in [-0.3, -0.25) is 4.79 Å². The average Bonchev–Trinajstić information content (AvgIpc) is 2.26. The molecule has 4 N–H and O–H groups in total. The molecular weight excluding hydrogens is 280 g/mol. The van der Waals surface area contributed by atoms with E-state index in [1.54, 1.807) is 20.8 Å². The molecule has 0 fully saturated rings. The van der Waals surface area contributed by atoms with E-state index in [1.165, 1.54) is 18.2 Å². The number of amides is 1. The lowest BCUT2D eigenvalue weighted by molar-refractivity contribution is -0.126. The zero-order chi connectivity index (χ0) is 15.5. The van der Waals surface area contributed by atoms with Crippen LogP contribution < -0.4 is 10.6 Å². The number of carbonyl (C=O) groups is 2. The highest BCUT2D eigenvalue weighted by Gasteiger charge is 2.22. The van der Waals surface area contributed by atoms with E-state index in [1.807, 2.05) is 0 Å². The van der Waals surface area contributed by atoms with Crippen LogP contribution in [-0.4, -0.2) is 27.2 Å². The largest absolute Gasteiger partial charge is 0.507 e. The molecule has 0 heterocycles. The quantitative estimate of drug-likeness (QED) is 0.623. The summed E-state index contributed by atoms with van der Waals surface area (Å²) in [5, 5.41) is 23.6. The van der Waals surface area contributed by atoms with Crippen LogP contribution in [0.25, 0.3) is 0 Å². The Morgan fingerprint density at radius 2 is 1.85 bits per heavy atom. The van der Waals surface area contributed by atoms with Gasteiger partial charge in [0.15, 0.2) is 5.11 Å². The number of aromatic carboxylic acids is 1. The van der Waals surface area contributed by atoms with Crippen molar-refractivity contribution in [1.82, 2.24) is 5.32 Å². The smallest absolute Gasteiger partial charge is 0.339 e. The van der Waals surface area contributed by atoms with Crippen molar-refractivity contribution in [3.63, 3.8) is 0 Å². The molecule has 0 bridgehead atoms. The van der Waals surface area contributed by atoms with Gasteiger partial charge in [-0.05, 0) is 24.4 Å². The molecule has 6 nitrogen and oxygen atoms in total. The van der Waals surface area contributed by atoms with Crippen molar-refractivity contribution in [2.75, 3.05) is 5.32 Å². The van der Waals surface area contributed by atoms with Gasteiger partial charge in [0, 0.05) is 17.2 Å². The van der Waals surface area contributed by atoms with E-state index in [0.717, 1.165) is 0 Å². The summed E-state index contributed by atoms with van der Waals surface area (Å²) in [6.45, 7) is 5.25. The van der Waals surface area contributed by atoms with Crippen molar-refractivity contribution < 1.29 is 19.8 Å². The number of carbonyl (C=O) groups excluding carboxylic acids is 1. The normalized spacial score (nSPS) is 10.8. The third-order valence-corrected chi connectivity index (χ3v) is 2.60. The molecule has 108 valence electrons. The number of aromatic hydroxyl groups is 1. The maximum atomic E-state index is 11.7. The lowest BCUT2D eigenvalue weighted by Crippen LogP contribution is -2.41. The van der Waals surface area contributed by atoms with E-state index in [2.05, 4.69) is 10.6 Å². The summed E-state index contributed by atoms with van der Waals surface area (Å²) in [7, 11) is 0. The van der Waals surface area contributed by atoms with Crippen LogP contribution >= 0.6 is 12.2 Å². The van der Waals surface area contributed by atoms with E-state index in [0.29, 0.717) is 5.69 Å². The molecule has 20 heavy (non-hydrogen) atoms. The van der Waals surface area contributed by atoms with Gasteiger partial charge in [0.2, 0.25) is 5.91 Å². The van der Waals surface area contributed by atoms with Crippen LogP contribution in [0.4, 0.5) is 5.69 Å². The van der Waals surface area contributed by atoms with E-state index in [4.69, 9.17) is 17.3 Å². The van der Waals surface area contributed by atoms with Crippen LogP contribution in [0.1, 0.15) is 31.1 Å². The first-order valence-electron chi connectivity index (χ1n) is 5.80. The number of hydrogen-bond acceptors (Lipinski definition) is 4. The van der Waals surface area contributed by atoms with Gasteiger partial charge in [-0.2, -0.15) is 0 Å². The Morgan fingerprint density at radius 1 is 1.25 bits per heavy atom. The number of rotatable bonds is 2. The first kappa shape index (κ1) is 15.9. The third-order valence-electron chi connectivity index (χ3n) is 2.39. The molecule has 0 aliphatic carbocycles. The van der Waals surface area contributed by atoms with Gasteiger partial charge in [0.05, 0.1) is 0 Å². The van der Waals surface area contributed by atoms with Crippen molar-refractivity contribution in [3.8, 4) is 5.75 Å². The third kappa shape index (κ3) is 4.20. The Kier molecular flexibility index (Phi) is 4.67. The zero-order valence-corrected chi connectivity index (χ0v) is 12.2. The number of benzene rings is 1. The minimum atomic E-state index is -1.22. The summed E-state index contributed by atoms with van der Waals surface area (Å²) >= 11 is 4.97. The number of phenols is 1. The summed E-state index contributed by atoms with van der Waals surface area (Å²) in [5.41, 5.74) is -0.409. The van der Waals surface area contributed by atoms with Gasteiger partial charge in [-0.25, -0.2) is 4.79 Å². The van der Waals surface area contributed by atoms with Crippen LogP contribution in [0.2, 0.25) is 0 Å². The van der Waals surface area contributed by atoms with Gasteiger partial charge in [0.25, 0.3) is 0 Å². The SMILES string of the molecule is CC(C)(C)C(=O)NC(=S)Nc1ccc(C(=O)O)c(O)c1. The van der Waals surface area contributed by atoms with Crippen molar-refractivity contribution in [3.05, 3.63) is 23.8 Å². The Hall–Kier alpha value is -2.15. The van der Waals surface area contributed by atoms with Crippen molar-refractivity contribution in [2.24, 2.45) is 5.41 Å². The van der Waals surface area contributed by atoms with Crippen molar-refractivity contribution >= 4 is 34.9 Å². The maximum absolute atomic E-state index is 11.7. The molecule has 0 aliphatic rings. The van der Waals surface area contributed by atoms with Gasteiger partial charge < -0.3 is 20.8 Å². The van der Waals surface area contributed by atoms with Crippen molar-refractivity contribution in [1.29, 1.82) is 0 Å². The van der Waals surface area contributed by atoms with Crippen molar-refractivity contribution in [2.45, 2.75) is 20.8 Å². The van der Waals surface area contributed by atoms with Gasteiger partial charge in [-0.1, -0.05) is 20.8 Å².